The molecule has 0 spiro atoms. The normalized spacial score (nSPS) is 11.0. The van der Waals surface area contributed by atoms with E-state index in [0.29, 0.717) is 4.47 Å². The molecule has 1 nitrogen and oxygen atoms in total. The van der Waals surface area contributed by atoms with E-state index in [1.54, 1.807) is 0 Å². The topological polar surface area (TPSA) is 12.9 Å². The van der Waals surface area contributed by atoms with Gasteiger partial charge in [0.2, 0.25) is 0 Å². The predicted molar refractivity (Wildman–Crippen MR) is 31.9 cm³/mol. The van der Waals surface area contributed by atoms with E-state index in [-0.39, 0.29) is 6.17 Å². The third-order valence-electron chi connectivity index (χ3n) is 0.624. The minimum absolute atomic E-state index is 0.321. The highest BCUT2D eigenvalue weighted by Gasteiger charge is 1.87. The first-order valence-electron chi connectivity index (χ1n) is 2.48. The zero-order valence-corrected chi connectivity index (χ0v) is 5.44. The minimum atomic E-state index is -0.607. The number of rotatable bonds is 0. The van der Waals surface area contributed by atoms with Gasteiger partial charge in [-0.2, -0.15) is 0 Å². The molecule has 0 aromatic carbocycles. The fraction of sp³-hybridized carbons (Fsp3) is 0. The molecular formula is C5H3BrFN. The number of pyridine rings is 1. The van der Waals surface area contributed by atoms with Crippen molar-refractivity contribution in [2.24, 2.45) is 0 Å². The van der Waals surface area contributed by atoms with Crippen LogP contribution in [-0.4, -0.2) is 4.98 Å². The Morgan fingerprint density at radius 3 is 3.12 bits per heavy atom. The second kappa shape index (κ2) is 2.22. The van der Waals surface area contributed by atoms with Crippen molar-refractivity contribution < 1.29 is 5.76 Å². The minimum Gasteiger partial charge on any atom is -0.260 e. The van der Waals surface area contributed by atoms with Gasteiger partial charge in [-0.1, -0.05) is 0 Å². The maximum atomic E-state index is 12.3. The Morgan fingerprint density at radius 2 is 2.62 bits per heavy atom. The summed E-state index contributed by atoms with van der Waals surface area (Å²) < 4.78 is 19.7. The van der Waals surface area contributed by atoms with Gasteiger partial charge >= 0.3 is 0 Å². The first kappa shape index (κ1) is 4.44. The fourth-order valence-electron chi connectivity index (χ4n) is 0.346. The summed E-state index contributed by atoms with van der Waals surface area (Å²) in [5.41, 5.74) is 0. The van der Waals surface area contributed by atoms with Gasteiger partial charge < -0.3 is 0 Å². The molecule has 0 radical (unpaired) electrons. The average molecular weight is 177 g/mol. The van der Waals surface area contributed by atoms with E-state index in [2.05, 4.69) is 20.9 Å². The molecule has 0 fully saturated rings. The summed E-state index contributed by atoms with van der Waals surface area (Å²) in [7, 11) is 0. The fourth-order valence-corrected chi connectivity index (χ4v) is 0.650. The second-order valence-electron chi connectivity index (χ2n) is 1.25. The number of hydrogen-bond donors (Lipinski definition) is 0. The highest BCUT2D eigenvalue weighted by molar-refractivity contribution is 9.10. The van der Waals surface area contributed by atoms with E-state index in [1.165, 1.54) is 12.3 Å². The van der Waals surface area contributed by atoms with E-state index in [9.17, 15) is 4.39 Å². The van der Waals surface area contributed by atoms with Crippen LogP contribution in [0, 0.1) is 5.82 Å². The standard InChI is InChI=1S/C5H3BrFN/c6-4-1-5(7)3-8-2-4/h1-3H/i3D. The molecule has 1 heterocycles. The molecule has 42 valence electrons. The average Bonchev–Trinajstić information content (AvgIpc) is 1.80. The first-order chi connectivity index (χ1) is 4.20. The van der Waals surface area contributed by atoms with Crippen LogP contribution in [0.5, 0.6) is 0 Å². The molecule has 8 heavy (non-hydrogen) atoms. The molecule has 0 aliphatic carbocycles. The van der Waals surface area contributed by atoms with Crippen LogP contribution in [0.2, 0.25) is 0 Å². The van der Waals surface area contributed by atoms with Gasteiger partial charge in [0.15, 0.2) is 0 Å². The van der Waals surface area contributed by atoms with Crippen LogP contribution in [0.25, 0.3) is 0 Å². The zero-order chi connectivity index (χ0) is 6.85. The largest absolute Gasteiger partial charge is 0.260 e. The molecule has 0 saturated heterocycles. The summed E-state index contributed by atoms with van der Waals surface area (Å²) in [5, 5.41) is 0. The molecule has 1 aromatic rings. The lowest BCUT2D eigenvalue weighted by Gasteiger charge is -1.85. The molecule has 0 amide bonds. The van der Waals surface area contributed by atoms with E-state index in [4.69, 9.17) is 1.37 Å². The van der Waals surface area contributed by atoms with Crippen molar-refractivity contribution >= 4 is 15.9 Å². The van der Waals surface area contributed by atoms with Crippen molar-refractivity contribution in [2.45, 2.75) is 0 Å². The Bertz CT molecular complexity index is 228. The first-order valence-corrected chi connectivity index (χ1v) is 2.77. The monoisotopic (exact) mass is 176 g/mol. The summed E-state index contributed by atoms with van der Waals surface area (Å²) >= 11 is 3.01. The van der Waals surface area contributed by atoms with Crippen LogP contribution in [0.1, 0.15) is 1.37 Å². The lowest BCUT2D eigenvalue weighted by atomic mass is 10.5. The number of halogens is 2. The molecule has 0 aliphatic heterocycles. The quantitative estimate of drug-likeness (QED) is 0.590. The van der Waals surface area contributed by atoms with E-state index in [0.717, 1.165) is 0 Å². The Morgan fingerprint density at radius 1 is 1.88 bits per heavy atom. The van der Waals surface area contributed by atoms with Gasteiger partial charge in [-0.25, -0.2) is 4.39 Å². The molecule has 0 atom stereocenters. The third-order valence-corrected chi connectivity index (χ3v) is 1.06. The van der Waals surface area contributed by atoms with Crippen LogP contribution in [0.3, 0.4) is 0 Å². The Hall–Kier alpha value is -0.440. The molecule has 0 bridgehead atoms. The molecule has 0 unspecified atom stereocenters. The van der Waals surface area contributed by atoms with E-state index >= 15 is 0 Å². The van der Waals surface area contributed by atoms with Crippen molar-refractivity contribution in [3.63, 3.8) is 0 Å². The summed E-state index contributed by atoms with van der Waals surface area (Å²) in [5.74, 6) is -0.607. The lowest BCUT2D eigenvalue weighted by molar-refractivity contribution is 0.620. The second-order valence-corrected chi connectivity index (χ2v) is 2.16. The van der Waals surface area contributed by atoms with Crippen LogP contribution in [0.15, 0.2) is 22.9 Å². The Labute approximate surface area is 56.1 Å². The maximum Gasteiger partial charge on any atom is 0.142 e. The van der Waals surface area contributed by atoms with Crippen LogP contribution < -0.4 is 0 Å². The third kappa shape index (κ3) is 1.26. The van der Waals surface area contributed by atoms with Crippen molar-refractivity contribution in [1.29, 1.82) is 0 Å². The van der Waals surface area contributed by atoms with Gasteiger partial charge in [0.25, 0.3) is 0 Å². The summed E-state index contributed by atoms with van der Waals surface area (Å²) in [6, 6.07) is 1.20. The number of hydrogen-bond acceptors (Lipinski definition) is 1. The molecular weight excluding hydrogens is 173 g/mol. The van der Waals surface area contributed by atoms with Gasteiger partial charge in [-0.3, -0.25) is 4.98 Å². The summed E-state index contributed by atoms with van der Waals surface area (Å²) in [6.07, 6.45) is 1.06. The molecule has 0 aliphatic rings. The maximum absolute atomic E-state index is 12.3. The van der Waals surface area contributed by atoms with Crippen molar-refractivity contribution in [3.8, 4) is 0 Å². The van der Waals surface area contributed by atoms with Crippen molar-refractivity contribution in [1.82, 2.24) is 4.98 Å². The smallest absolute Gasteiger partial charge is 0.142 e. The molecule has 1 aromatic heterocycles. The van der Waals surface area contributed by atoms with Gasteiger partial charge in [-0.05, 0) is 22.0 Å². The Balaban J connectivity index is 3.17. The van der Waals surface area contributed by atoms with Crippen molar-refractivity contribution in [3.05, 3.63) is 28.7 Å². The van der Waals surface area contributed by atoms with Crippen LogP contribution >= 0.6 is 15.9 Å². The van der Waals surface area contributed by atoms with Gasteiger partial charge in [0, 0.05) is 10.7 Å². The van der Waals surface area contributed by atoms with E-state index < -0.39 is 5.82 Å². The van der Waals surface area contributed by atoms with Crippen molar-refractivity contribution in [2.75, 3.05) is 0 Å². The highest BCUT2D eigenvalue weighted by atomic mass is 79.9. The molecule has 0 N–H and O–H groups in total. The summed E-state index contributed by atoms with van der Waals surface area (Å²) in [4.78, 5) is 3.42. The van der Waals surface area contributed by atoms with Crippen LogP contribution in [0.4, 0.5) is 4.39 Å². The van der Waals surface area contributed by atoms with Gasteiger partial charge in [0.1, 0.15) is 5.82 Å². The predicted octanol–water partition coefficient (Wildman–Crippen LogP) is 1.98. The molecule has 0 saturated carbocycles. The lowest BCUT2D eigenvalue weighted by Crippen LogP contribution is -1.74. The van der Waals surface area contributed by atoms with Gasteiger partial charge in [0.05, 0.1) is 7.54 Å². The van der Waals surface area contributed by atoms with E-state index in [1.807, 2.05) is 0 Å². The molecule has 1 rings (SSSR count). The summed E-state index contributed by atoms with van der Waals surface area (Å²) in [6.45, 7) is 0. The number of aromatic nitrogens is 1. The SMILES string of the molecule is [2H]c1ncc(Br)cc1F. The molecule has 3 heteroatoms. The highest BCUT2D eigenvalue weighted by Crippen LogP contribution is 2.06. The van der Waals surface area contributed by atoms with Crippen LogP contribution in [-0.2, 0) is 0 Å². The Kier molecular flexibility index (Phi) is 1.23. The zero-order valence-electron chi connectivity index (χ0n) is 4.86. The number of nitrogens with zero attached hydrogens (tertiary/aromatic N) is 1. The van der Waals surface area contributed by atoms with Gasteiger partial charge in [-0.15, -0.1) is 0 Å².